The van der Waals surface area contributed by atoms with E-state index >= 15 is 0 Å². The molecule has 1 saturated heterocycles. The van der Waals surface area contributed by atoms with Gasteiger partial charge in [0.05, 0.1) is 25.2 Å². The van der Waals surface area contributed by atoms with E-state index in [1.54, 1.807) is 0 Å². The molecule has 1 amide bonds. The molecule has 1 heterocycles. The zero-order chi connectivity index (χ0) is 16.8. The summed E-state index contributed by atoms with van der Waals surface area (Å²) in [6, 6.07) is 17.8. The second-order valence-electron chi connectivity index (χ2n) is 5.91. The van der Waals surface area contributed by atoms with Gasteiger partial charge in [-0.3, -0.25) is 4.79 Å². The van der Waals surface area contributed by atoms with Crippen molar-refractivity contribution in [1.29, 1.82) is 0 Å². The van der Waals surface area contributed by atoms with Crippen LogP contribution in [0.1, 0.15) is 30.5 Å². The molecule has 0 bridgehead atoms. The molecule has 1 aliphatic rings. The first kappa shape index (κ1) is 16.5. The Morgan fingerprint density at radius 1 is 1.17 bits per heavy atom. The number of amides is 1. The highest BCUT2D eigenvalue weighted by molar-refractivity contribution is 5.80. The summed E-state index contributed by atoms with van der Waals surface area (Å²) < 4.78 is 10.8. The number of nitrogens with one attached hydrogen (secondary N) is 1. The van der Waals surface area contributed by atoms with Crippen LogP contribution in [-0.2, 0) is 9.53 Å². The largest absolute Gasteiger partial charge is 0.494 e. The van der Waals surface area contributed by atoms with Crippen LogP contribution in [0.25, 0.3) is 0 Å². The third-order valence-electron chi connectivity index (χ3n) is 4.24. The zero-order valence-electron chi connectivity index (χ0n) is 13.9. The summed E-state index contributed by atoms with van der Waals surface area (Å²) in [4.78, 5) is 12.6. The minimum Gasteiger partial charge on any atom is -0.494 e. The van der Waals surface area contributed by atoms with Crippen molar-refractivity contribution in [2.75, 3.05) is 19.8 Å². The highest BCUT2D eigenvalue weighted by Gasteiger charge is 2.26. The second kappa shape index (κ2) is 7.97. The maximum atomic E-state index is 12.6. The molecule has 4 heteroatoms. The Morgan fingerprint density at radius 2 is 1.88 bits per heavy atom. The van der Waals surface area contributed by atoms with Gasteiger partial charge < -0.3 is 14.8 Å². The van der Waals surface area contributed by atoms with E-state index in [2.05, 4.69) is 5.32 Å². The van der Waals surface area contributed by atoms with E-state index < -0.39 is 0 Å². The summed E-state index contributed by atoms with van der Waals surface area (Å²) in [6.45, 7) is 3.78. The average molecular weight is 325 g/mol. The summed E-state index contributed by atoms with van der Waals surface area (Å²) in [7, 11) is 0. The maximum absolute atomic E-state index is 12.6. The van der Waals surface area contributed by atoms with Crippen molar-refractivity contribution in [2.24, 2.45) is 5.92 Å². The van der Waals surface area contributed by atoms with Crippen molar-refractivity contribution in [3.05, 3.63) is 65.7 Å². The molecule has 0 saturated carbocycles. The molecule has 2 unspecified atom stereocenters. The molecule has 1 fully saturated rings. The average Bonchev–Trinajstić information content (AvgIpc) is 3.16. The fraction of sp³-hybridized carbons (Fsp3) is 0.350. The van der Waals surface area contributed by atoms with Gasteiger partial charge in [0.25, 0.3) is 0 Å². The summed E-state index contributed by atoms with van der Waals surface area (Å²) in [5.74, 6) is 0.831. The van der Waals surface area contributed by atoms with E-state index in [4.69, 9.17) is 9.47 Å². The fourth-order valence-corrected chi connectivity index (χ4v) is 2.93. The molecule has 4 nitrogen and oxygen atoms in total. The van der Waals surface area contributed by atoms with E-state index in [0.29, 0.717) is 19.8 Å². The number of rotatable bonds is 6. The minimum absolute atomic E-state index is 0.0511. The van der Waals surface area contributed by atoms with Crippen molar-refractivity contribution in [3.8, 4) is 5.75 Å². The zero-order valence-corrected chi connectivity index (χ0v) is 13.9. The first-order valence-corrected chi connectivity index (χ1v) is 8.43. The normalized spacial score (nSPS) is 18.1. The maximum Gasteiger partial charge on any atom is 0.226 e. The van der Waals surface area contributed by atoms with Gasteiger partial charge in [-0.05, 0) is 36.6 Å². The quantitative estimate of drug-likeness (QED) is 0.886. The molecule has 2 aromatic carbocycles. The van der Waals surface area contributed by atoms with Crippen LogP contribution >= 0.6 is 0 Å². The summed E-state index contributed by atoms with van der Waals surface area (Å²) >= 11 is 0. The van der Waals surface area contributed by atoms with Crippen LogP contribution in [0.15, 0.2) is 54.6 Å². The minimum atomic E-state index is -0.171. The van der Waals surface area contributed by atoms with E-state index in [-0.39, 0.29) is 17.9 Å². The monoisotopic (exact) mass is 325 g/mol. The lowest BCUT2D eigenvalue weighted by Gasteiger charge is -2.22. The molecule has 1 N–H and O–H groups in total. The lowest BCUT2D eigenvalue weighted by molar-refractivity contribution is -0.125. The smallest absolute Gasteiger partial charge is 0.226 e. The van der Waals surface area contributed by atoms with E-state index in [1.165, 1.54) is 0 Å². The van der Waals surface area contributed by atoms with Crippen molar-refractivity contribution >= 4 is 5.91 Å². The Hall–Kier alpha value is -2.33. The molecule has 3 rings (SSSR count). The van der Waals surface area contributed by atoms with Gasteiger partial charge in [-0.15, -0.1) is 0 Å². The first-order valence-electron chi connectivity index (χ1n) is 8.43. The number of carbonyl (C=O) groups excluding carboxylic acids is 1. The Morgan fingerprint density at radius 3 is 2.50 bits per heavy atom. The van der Waals surface area contributed by atoms with Crippen molar-refractivity contribution in [1.82, 2.24) is 5.32 Å². The summed E-state index contributed by atoms with van der Waals surface area (Å²) in [6.07, 6.45) is 0.788. The summed E-state index contributed by atoms with van der Waals surface area (Å²) in [5.41, 5.74) is 2.10. The van der Waals surface area contributed by atoms with Gasteiger partial charge in [0.1, 0.15) is 5.75 Å². The first-order chi connectivity index (χ1) is 11.8. The van der Waals surface area contributed by atoms with Crippen LogP contribution in [-0.4, -0.2) is 25.7 Å². The molecule has 126 valence electrons. The van der Waals surface area contributed by atoms with Gasteiger partial charge in [-0.2, -0.15) is 0 Å². The van der Waals surface area contributed by atoms with E-state index in [9.17, 15) is 4.79 Å². The van der Waals surface area contributed by atoms with Crippen molar-refractivity contribution < 1.29 is 14.3 Å². The third-order valence-corrected chi connectivity index (χ3v) is 4.24. The van der Waals surface area contributed by atoms with Gasteiger partial charge >= 0.3 is 0 Å². The molecule has 0 aromatic heterocycles. The Labute approximate surface area is 142 Å². The van der Waals surface area contributed by atoms with Crippen LogP contribution in [0, 0.1) is 5.92 Å². The van der Waals surface area contributed by atoms with Crippen LogP contribution in [0.4, 0.5) is 0 Å². The fourth-order valence-electron chi connectivity index (χ4n) is 2.93. The van der Waals surface area contributed by atoms with Gasteiger partial charge in [-0.25, -0.2) is 0 Å². The van der Waals surface area contributed by atoms with Gasteiger partial charge in [0.15, 0.2) is 0 Å². The van der Waals surface area contributed by atoms with Gasteiger partial charge in [-0.1, -0.05) is 42.5 Å². The predicted molar refractivity (Wildman–Crippen MR) is 93.0 cm³/mol. The van der Waals surface area contributed by atoms with Gasteiger partial charge in [0, 0.05) is 6.61 Å². The SMILES string of the molecule is CCOc1ccc(C(NC(=O)C2CCOC2)c2ccccc2)cc1. The highest BCUT2D eigenvalue weighted by Crippen LogP contribution is 2.25. The molecular formula is C20H23NO3. The van der Waals surface area contributed by atoms with Crippen LogP contribution in [0.2, 0.25) is 0 Å². The van der Waals surface area contributed by atoms with E-state index in [0.717, 1.165) is 23.3 Å². The van der Waals surface area contributed by atoms with Crippen LogP contribution in [0.5, 0.6) is 5.75 Å². The molecule has 24 heavy (non-hydrogen) atoms. The number of hydrogen-bond acceptors (Lipinski definition) is 3. The second-order valence-corrected chi connectivity index (χ2v) is 5.91. The van der Waals surface area contributed by atoms with Gasteiger partial charge in [0.2, 0.25) is 5.91 Å². The standard InChI is InChI=1S/C20H23NO3/c1-2-24-18-10-8-16(9-11-18)19(15-6-4-3-5-7-15)21-20(22)17-12-13-23-14-17/h3-11,17,19H,2,12-14H2,1H3,(H,21,22). The Kier molecular flexibility index (Phi) is 5.49. The van der Waals surface area contributed by atoms with Crippen LogP contribution < -0.4 is 10.1 Å². The number of benzene rings is 2. The number of hydrogen-bond donors (Lipinski definition) is 1. The molecule has 2 atom stereocenters. The predicted octanol–water partition coefficient (Wildman–Crippen LogP) is 3.33. The third kappa shape index (κ3) is 3.95. The molecular weight excluding hydrogens is 302 g/mol. The molecule has 0 aliphatic carbocycles. The highest BCUT2D eigenvalue weighted by atomic mass is 16.5. The molecule has 0 spiro atoms. The molecule has 1 aliphatic heterocycles. The lowest BCUT2D eigenvalue weighted by atomic mass is 9.97. The lowest BCUT2D eigenvalue weighted by Crippen LogP contribution is -2.34. The van der Waals surface area contributed by atoms with Crippen LogP contribution in [0.3, 0.4) is 0 Å². The van der Waals surface area contributed by atoms with Crippen molar-refractivity contribution in [2.45, 2.75) is 19.4 Å². The Bertz CT molecular complexity index is 648. The Balaban J connectivity index is 1.83. The topological polar surface area (TPSA) is 47.6 Å². The molecule has 0 radical (unpaired) electrons. The number of carbonyl (C=O) groups is 1. The van der Waals surface area contributed by atoms with Crippen molar-refractivity contribution in [3.63, 3.8) is 0 Å². The summed E-state index contributed by atoms with van der Waals surface area (Å²) in [5, 5.41) is 3.18. The number of ether oxygens (including phenoxy) is 2. The molecule has 2 aromatic rings. The van der Waals surface area contributed by atoms with E-state index in [1.807, 2.05) is 61.5 Å².